The summed E-state index contributed by atoms with van der Waals surface area (Å²) in [7, 11) is 3.53. The van der Waals surface area contributed by atoms with Gasteiger partial charge in [-0.15, -0.1) is 10.2 Å². The Hall–Kier alpha value is -4.01. The molecule has 0 aromatic carbocycles. The van der Waals surface area contributed by atoms with Gasteiger partial charge in [0.05, 0.1) is 36.0 Å². The minimum atomic E-state index is -0.787. The van der Waals surface area contributed by atoms with Crippen LogP contribution >= 0.6 is 34.8 Å². The van der Waals surface area contributed by atoms with Gasteiger partial charge in [-0.1, -0.05) is 62.7 Å². The zero-order valence-corrected chi connectivity index (χ0v) is 29.4. The molecule has 0 fully saturated rings. The van der Waals surface area contributed by atoms with E-state index in [4.69, 9.17) is 44.3 Å². The number of aryl methyl sites for hydroxylation is 4. The number of unbranched alkanes of at least 4 members (excludes halogenated alkanes) is 4. The highest BCUT2D eigenvalue weighted by Gasteiger charge is 2.18. The summed E-state index contributed by atoms with van der Waals surface area (Å²) in [6, 6.07) is 6.34. The first-order valence-electron chi connectivity index (χ1n) is 14.8. The van der Waals surface area contributed by atoms with Gasteiger partial charge in [-0.2, -0.15) is 15.3 Å². The molecule has 1 N–H and O–H groups in total. The fourth-order valence-electron chi connectivity index (χ4n) is 3.97. The molecule has 4 rings (SSSR count). The van der Waals surface area contributed by atoms with Gasteiger partial charge in [0.15, 0.2) is 22.3 Å². The Kier molecular flexibility index (Phi) is 16.9. The third-order valence-electron chi connectivity index (χ3n) is 6.11. The van der Waals surface area contributed by atoms with Crippen molar-refractivity contribution < 1.29 is 23.8 Å². The van der Waals surface area contributed by atoms with Crippen LogP contribution in [0, 0.1) is 13.8 Å². The SMILES string of the molecule is CCCCCOC(=O)Cl.CCCCCOC(=O)Oc1cc(Cl)nnc1-c1cc(C)nn1C.Cc1cc(-c2n[nH]c(Cl)cc2=O)n(C)n1. The number of H-pyrrole nitrogens is 1. The molecule has 4 aromatic heterocycles. The average molecular weight is 714 g/mol. The minimum Gasteiger partial charge on any atom is -0.454 e. The maximum atomic E-state index is 11.8. The van der Waals surface area contributed by atoms with E-state index in [0.717, 1.165) is 49.9 Å². The number of nitrogens with one attached hydrogen (secondary N) is 1. The number of nitrogens with zero attached hydrogens (tertiary/aromatic N) is 7. The zero-order chi connectivity index (χ0) is 34.9. The molecule has 0 bridgehead atoms. The molecule has 47 heavy (non-hydrogen) atoms. The quantitative estimate of drug-likeness (QED) is 0.0945. The molecular formula is C30H39Cl3N8O6. The van der Waals surface area contributed by atoms with Gasteiger partial charge >= 0.3 is 11.6 Å². The van der Waals surface area contributed by atoms with E-state index in [0.29, 0.717) is 36.0 Å². The van der Waals surface area contributed by atoms with Crippen molar-refractivity contribution in [1.82, 2.24) is 40.0 Å². The summed E-state index contributed by atoms with van der Waals surface area (Å²) in [5.41, 5.74) is 2.76. The van der Waals surface area contributed by atoms with Crippen LogP contribution in [0.4, 0.5) is 9.59 Å². The second-order valence-electron chi connectivity index (χ2n) is 10.1. The van der Waals surface area contributed by atoms with E-state index in [1.54, 1.807) is 29.5 Å². The lowest BCUT2D eigenvalue weighted by Crippen LogP contribution is -2.13. The van der Waals surface area contributed by atoms with Crippen LogP contribution in [0.15, 0.2) is 29.1 Å². The smallest absolute Gasteiger partial charge is 0.454 e. The molecule has 4 heterocycles. The van der Waals surface area contributed by atoms with Gasteiger partial charge in [0.2, 0.25) is 5.43 Å². The van der Waals surface area contributed by atoms with Gasteiger partial charge in [-0.05, 0) is 38.8 Å². The first-order valence-corrected chi connectivity index (χ1v) is 16.0. The molecule has 0 saturated carbocycles. The van der Waals surface area contributed by atoms with E-state index in [2.05, 4.69) is 49.2 Å². The van der Waals surface area contributed by atoms with Crippen molar-refractivity contribution in [3.05, 3.63) is 56.2 Å². The second-order valence-corrected chi connectivity index (χ2v) is 11.2. The normalized spacial score (nSPS) is 10.3. The molecule has 0 saturated heterocycles. The standard InChI is InChI=1S/C15H19ClN4O3.C9H9ClN4O.C6H11ClO2/c1-4-5-6-7-22-15(21)23-12-9-13(16)17-18-14(12)11-8-10(2)19-20(11)3;1-5-3-6(14(2)13-5)9-7(15)4-8(10)11-12-9;1-2-3-4-5-9-6(7)8/h8-9H,4-7H2,1-3H3;3-4H,1-2H3,(H,11,15);2-5H2,1H3. The number of carbonyl (C=O) groups excluding carboxylic acids is 2. The first-order chi connectivity index (χ1) is 22.4. The molecule has 0 aliphatic heterocycles. The third kappa shape index (κ3) is 13.7. The summed E-state index contributed by atoms with van der Waals surface area (Å²) >= 11 is 16.4. The minimum absolute atomic E-state index is 0.126. The van der Waals surface area contributed by atoms with Gasteiger partial charge in [-0.25, -0.2) is 9.59 Å². The molecular weight excluding hydrogens is 675 g/mol. The van der Waals surface area contributed by atoms with Crippen LogP contribution in [-0.4, -0.2) is 64.8 Å². The highest BCUT2D eigenvalue weighted by molar-refractivity contribution is 6.61. The predicted octanol–water partition coefficient (Wildman–Crippen LogP) is 7.23. The summed E-state index contributed by atoms with van der Waals surface area (Å²) in [4.78, 5) is 33.3. The molecule has 0 spiro atoms. The summed E-state index contributed by atoms with van der Waals surface area (Å²) in [6.45, 7) is 8.64. The van der Waals surface area contributed by atoms with E-state index in [-0.39, 0.29) is 21.5 Å². The molecule has 4 aromatic rings. The lowest BCUT2D eigenvalue weighted by molar-refractivity contribution is 0.0974. The van der Waals surface area contributed by atoms with Crippen LogP contribution in [-0.2, 0) is 23.6 Å². The van der Waals surface area contributed by atoms with Crippen LogP contribution < -0.4 is 10.2 Å². The predicted molar refractivity (Wildman–Crippen MR) is 179 cm³/mol. The number of hydrogen-bond donors (Lipinski definition) is 1. The van der Waals surface area contributed by atoms with Crippen LogP contribution in [0.1, 0.15) is 63.8 Å². The fourth-order valence-corrected chi connectivity index (χ4v) is 4.32. The van der Waals surface area contributed by atoms with Gasteiger partial charge in [0, 0.05) is 37.8 Å². The van der Waals surface area contributed by atoms with Crippen molar-refractivity contribution >= 4 is 46.4 Å². The van der Waals surface area contributed by atoms with E-state index in [1.165, 1.54) is 12.1 Å². The molecule has 0 aliphatic rings. The Morgan fingerprint density at radius 2 is 1.36 bits per heavy atom. The maximum absolute atomic E-state index is 11.8. The van der Waals surface area contributed by atoms with Crippen molar-refractivity contribution in [2.24, 2.45) is 14.1 Å². The number of hydrogen-bond acceptors (Lipinski definition) is 11. The van der Waals surface area contributed by atoms with Crippen LogP contribution in [0.2, 0.25) is 10.3 Å². The average Bonchev–Trinajstić information content (AvgIpc) is 3.52. The third-order valence-corrected chi connectivity index (χ3v) is 6.60. The zero-order valence-electron chi connectivity index (χ0n) is 27.2. The molecule has 0 amide bonds. The van der Waals surface area contributed by atoms with Crippen LogP contribution in [0.5, 0.6) is 5.75 Å². The molecule has 256 valence electrons. The topological polar surface area (TPSA) is 169 Å². The number of rotatable bonds is 11. The Morgan fingerprint density at radius 1 is 0.809 bits per heavy atom. The molecule has 0 atom stereocenters. The van der Waals surface area contributed by atoms with Crippen molar-refractivity contribution in [1.29, 1.82) is 0 Å². The van der Waals surface area contributed by atoms with E-state index in [1.807, 2.05) is 19.9 Å². The van der Waals surface area contributed by atoms with Crippen molar-refractivity contribution in [2.45, 2.75) is 66.2 Å². The lowest BCUT2D eigenvalue weighted by atomic mass is 10.2. The number of ether oxygens (including phenoxy) is 3. The number of aromatic amines is 1. The van der Waals surface area contributed by atoms with Gasteiger partial charge < -0.3 is 14.2 Å². The van der Waals surface area contributed by atoms with Crippen molar-refractivity contribution in [3.63, 3.8) is 0 Å². The van der Waals surface area contributed by atoms with Crippen molar-refractivity contribution in [3.8, 4) is 28.5 Å². The van der Waals surface area contributed by atoms with Gasteiger partial charge in [0.1, 0.15) is 5.15 Å². The molecule has 0 aliphatic carbocycles. The summed E-state index contributed by atoms with van der Waals surface area (Å²) in [5, 5.41) is 23.0. The summed E-state index contributed by atoms with van der Waals surface area (Å²) in [6.07, 6.45) is 5.18. The van der Waals surface area contributed by atoms with E-state index < -0.39 is 11.6 Å². The highest BCUT2D eigenvalue weighted by Crippen LogP contribution is 2.29. The van der Waals surface area contributed by atoms with Gasteiger partial charge in [-0.3, -0.25) is 19.3 Å². The Morgan fingerprint density at radius 3 is 1.85 bits per heavy atom. The molecule has 0 unspecified atom stereocenters. The number of halogens is 3. The second kappa shape index (κ2) is 20.3. The lowest BCUT2D eigenvalue weighted by Gasteiger charge is -2.09. The van der Waals surface area contributed by atoms with E-state index >= 15 is 0 Å². The van der Waals surface area contributed by atoms with Crippen LogP contribution in [0.25, 0.3) is 22.8 Å². The van der Waals surface area contributed by atoms with E-state index in [9.17, 15) is 14.4 Å². The Balaban J connectivity index is 0.000000274. The number of carbonyl (C=O) groups is 2. The largest absolute Gasteiger partial charge is 0.513 e. The highest BCUT2D eigenvalue weighted by atomic mass is 35.5. The number of aromatic nitrogens is 8. The summed E-state index contributed by atoms with van der Waals surface area (Å²) in [5.74, 6) is 0.188. The fraction of sp³-hybridized carbons (Fsp3) is 0.467. The molecule has 17 heteroatoms. The monoisotopic (exact) mass is 712 g/mol. The Bertz CT molecular complexity index is 1660. The molecule has 14 nitrogen and oxygen atoms in total. The maximum Gasteiger partial charge on any atom is 0.513 e. The molecule has 0 radical (unpaired) electrons. The Labute approximate surface area is 287 Å². The van der Waals surface area contributed by atoms with Gasteiger partial charge in [0.25, 0.3) is 0 Å². The summed E-state index contributed by atoms with van der Waals surface area (Å²) < 4.78 is 18.0. The first kappa shape index (κ1) is 39.2. The van der Waals surface area contributed by atoms with Crippen LogP contribution in [0.3, 0.4) is 0 Å². The van der Waals surface area contributed by atoms with Crippen molar-refractivity contribution in [2.75, 3.05) is 13.2 Å².